The molecule has 3 aromatic rings. The molecule has 0 saturated carbocycles. The Balaban J connectivity index is 1.58. The number of hydrogen-bond acceptors (Lipinski definition) is 8. The third-order valence-corrected chi connectivity index (χ3v) is 5.90. The summed E-state index contributed by atoms with van der Waals surface area (Å²) in [5, 5.41) is 44.4. The molecule has 1 atom stereocenters. The van der Waals surface area contributed by atoms with Crippen LogP contribution in [0.15, 0.2) is 60.7 Å². The van der Waals surface area contributed by atoms with Crippen molar-refractivity contribution in [1.29, 1.82) is 0 Å². The number of amides is 1. The molecule has 0 radical (unpaired) electrons. The zero-order valence-corrected chi connectivity index (χ0v) is 18.5. The van der Waals surface area contributed by atoms with Crippen molar-refractivity contribution < 1.29 is 34.4 Å². The Kier molecular flexibility index (Phi) is 6.50. The van der Waals surface area contributed by atoms with E-state index in [1.165, 1.54) is 0 Å². The summed E-state index contributed by atoms with van der Waals surface area (Å²) in [5.74, 6) is -2.70. The van der Waals surface area contributed by atoms with Crippen molar-refractivity contribution in [2.45, 2.75) is 18.4 Å². The number of nitro benzene ring substituents is 2. The molecule has 0 saturated heterocycles. The van der Waals surface area contributed by atoms with Crippen molar-refractivity contribution >= 4 is 23.4 Å². The molecule has 12 heteroatoms. The first-order valence-corrected chi connectivity index (χ1v) is 10.7. The zero-order valence-electron chi connectivity index (χ0n) is 18.5. The minimum Gasteiger partial charge on any atom is -0.502 e. The number of carbonyl (C=O) groups excluding carboxylic acids is 1. The molecule has 4 rings (SSSR count). The van der Waals surface area contributed by atoms with E-state index in [0.717, 1.165) is 28.3 Å². The summed E-state index contributed by atoms with van der Waals surface area (Å²) in [7, 11) is 0. The number of carboxylic acids is 1. The predicted octanol–water partition coefficient (Wildman–Crippen LogP) is 4.26. The summed E-state index contributed by atoms with van der Waals surface area (Å²) in [6.07, 6.45) is -1.88. The smallest absolute Gasteiger partial charge is 0.407 e. The van der Waals surface area contributed by atoms with Crippen LogP contribution in [-0.2, 0) is 9.53 Å². The van der Waals surface area contributed by atoms with E-state index in [1.54, 1.807) is 0 Å². The quantitative estimate of drug-likeness (QED) is 0.305. The summed E-state index contributed by atoms with van der Waals surface area (Å²) in [4.78, 5) is 44.6. The van der Waals surface area contributed by atoms with Crippen molar-refractivity contribution in [3.8, 4) is 16.9 Å². The van der Waals surface area contributed by atoms with Crippen LogP contribution in [0, 0.1) is 20.2 Å². The zero-order chi connectivity index (χ0) is 26.0. The number of phenolic OH excluding ortho intramolecular Hbond substituents is 1. The second kappa shape index (κ2) is 9.70. The molecule has 0 bridgehead atoms. The average Bonchev–Trinajstić information content (AvgIpc) is 3.15. The van der Waals surface area contributed by atoms with Gasteiger partial charge in [-0.2, -0.15) is 0 Å². The maximum absolute atomic E-state index is 12.7. The monoisotopic (exact) mass is 493 g/mol. The number of hydrogen-bond donors (Lipinski definition) is 3. The van der Waals surface area contributed by atoms with Gasteiger partial charge in [0.25, 0.3) is 5.69 Å². The van der Waals surface area contributed by atoms with E-state index in [2.05, 4.69) is 5.32 Å². The topological polar surface area (TPSA) is 182 Å². The van der Waals surface area contributed by atoms with Crippen LogP contribution in [0.2, 0.25) is 0 Å². The number of ether oxygens (including phenoxy) is 1. The maximum atomic E-state index is 12.7. The molecule has 0 heterocycles. The van der Waals surface area contributed by atoms with E-state index in [9.17, 15) is 40.0 Å². The van der Waals surface area contributed by atoms with Crippen molar-refractivity contribution in [2.75, 3.05) is 6.61 Å². The van der Waals surface area contributed by atoms with Gasteiger partial charge in [0, 0.05) is 17.5 Å². The van der Waals surface area contributed by atoms with E-state index in [4.69, 9.17) is 4.74 Å². The van der Waals surface area contributed by atoms with E-state index in [0.29, 0.717) is 6.07 Å². The number of fused-ring (bicyclic) bond motifs is 3. The minimum absolute atomic E-state index is 0.0965. The number of benzene rings is 3. The highest BCUT2D eigenvalue weighted by atomic mass is 16.6. The summed E-state index contributed by atoms with van der Waals surface area (Å²) in [5.41, 5.74) is 1.65. The number of phenols is 1. The third kappa shape index (κ3) is 4.64. The highest BCUT2D eigenvalue weighted by molar-refractivity contribution is 5.79. The van der Waals surface area contributed by atoms with Gasteiger partial charge in [-0.05, 0) is 22.3 Å². The Morgan fingerprint density at radius 2 is 1.56 bits per heavy atom. The number of rotatable bonds is 8. The molecule has 1 unspecified atom stereocenters. The number of aliphatic carboxylic acids is 1. The number of aromatic hydroxyl groups is 1. The number of nitrogens with one attached hydrogen (secondary N) is 1. The molecule has 1 aliphatic rings. The van der Waals surface area contributed by atoms with Crippen LogP contribution >= 0.6 is 0 Å². The summed E-state index contributed by atoms with van der Waals surface area (Å²) >= 11 is 0. The van der Waals surface area contributed by atoms with Crippen molar-refractivity contribution in [3.63, 3.8) is 0 Å². The number of nitro groups is 2. The first-order valence-electron chi connectivity index (χ1n) is 10.7. The maximum Gasteiger partial charge on any atom is 0.407 e. The van der Waals surface area contributed by atoms with Crippen LogP contribution in [0.3, 0.4) is 0 Å². The highest BCUT2D eigenvalue weighted by Gasteiger charge is 2.32. The summed E-state index contributed by atoms with van der Waals surface area (Å²) in [6.45, 7) is -0.0965. The average molecular weight is 493 g/mol. The van der Waals surface area contributed by atoms with Crippen molar-refractivity contribution in [3.05, 3.63) is 97.6 Å². The van der Waals surface area contributed by atoms with Gasteiger partial charge < -0.3 is 20.3 Å². The molecule has 0 aromatic heterocycles. The van der Waals surface area contributed by atoms with E-state index < -0.39 is 57.1 Å². The van der Waals surface area contributed by atoms with Gasteiger partial charge in [0.1, 0.15) is 6.61 Å². The fraction of sp³-hybridized carbons (Fsp3) is 0.167. The Morgan fingerprint density at radius 3 is 2.08 bits per heavy atom. The number of carbonyl (C=O) groups is 2. The fourth-order valence-corrected chi connectivity index (χ4v) is 4.33. The summed E-state index contributed by atoms with van der Waals surface area (Å²) in [6, 6.07) is 15.0. The van der Waals surface area contributed by atoms with Crippen molar-refractivity contribution in [2.24, 2.45) is 0 Å². The normalized spacial score (nSPS) is 12.8. The Morgan fingerprint density at radius 1 is 0.972 bits per heavy atom. The van der Waals surface area contributed by atoms with E-state index >= 15 is 0 Å². The molecule has 0 aliphatic heterocycles. The second-order valence-electron chi connectivity index (χ2n) is 8.04. The van der Waals surface area contributed by atoms with Crippen LogP contribution in [0.25, 0.3) is 11.1 Å². The van der Waals surface area contributed by atoms with Crippen LogP contribution < -0.4 is 5.32 Å². The van der Waals surface area contributed by atoms with Gasteiger partial charge >= 0.3 is 17.7 Å². The van der Waals surface area contributed by atoms with E-state index in [1.807, 2.05) is 48.5 Å². The second-order valence-corrected chi connectivity index (χ2v) is 8.04. The first-order chi connectivity index (χ1) is 17.2. The Labute approximate surface area is 203 Å². The van der Waals surface area contributed by atoms with Crippen LogP contribution in [0.1, 0.15) is 35.1 Å². The Bertz CT molecular complexity index is 1340. The highest BCUT2D eigenvalue weighted by Crippen LogP contribution is 2.44. The first kappa shape index (κ1) is 24.1. The SMILES string of the molecule is O=C(O)CC(NC(=O)OCC1c2ccccc2-c2ccccc21)c1cc([N+](=O)[O-])cc([N+](=O)[O-])c1O. The van der Waals surface area contributed by atoms with Gasteiger partial charge in [-0.1, -0.05) is 48.5 Å². The van der Waals surface area contributed by atoms with Gasteiger partial charge in [0.05, 0.1) is 28.4 Å². The number of alkyl carbamates (subject to hydrolysis) is 1. The molecule has 184 valence electrons. The molecule has 3 N–H and O–H groups in total. The van der Waals surface area contributed by atoms with Crippen LogP contribution in [-0.4, -0.2) is 38.7 Å². The molecule has 12 nitrogen and oxygen atoms in total. The fourth-order valence-electron chi connectivity index (χ4n) is 4.33. The summed E-state index contributed by atoms with van der Waals surface area (Å²) < 4.78 is 5.38. The van der Waals surface area contributed by atoms with E-state index in [-0.39, 0.29) is 12.5 Å². The minimum atomic E-state index is -1.54. The van der Waals surface area contributed by atoms with Gasteiger partial charge in [0.15, 0.2) is 5.75 Å². The standard InChI is InChI=1S/C24H19N3O9/c28-22(29)11-20(18-9-13(26(32)33)10-21(23(18)30)27(34)35)25-24(31)36-12-19-16-7-3-1-5-14(16)15-6-2-4-8-17(15)19/h1-10,19-20,30H,11-12H2,(H,25,31)(H,28,29). The third-order valence-electron chi connectivity index (χ3n) is 5.90. The molecular weight excluding hydrogens is 474 g/mol. The molecular formula is C24H19N3O9. The molecule has 1 amide bonds. The largest absolute Gasteiger partial charge is 0.502 e. The lowest BCUT2D eigenvalue weighted by Gasteiger charge is -2.20. The van der Waals surface area contributed by atoms with Gasteiger partial charge in [-0.25, -0.2) is 4.79 Å². The molecule has 0 spiro atoms. The molecule has 1 aliphatic carbocycles. The lowest BCUT2D eigenvalue weighted by molar-refractivity contribution is -0.394. The van der Waals surface area contributed by atoms with Crippen LogP contribution in [0.5, 0.6) is 5.75 Å². The predicted molar refractivity (Wildman–Crippen MR) is 125 cm³/mol. The number of non-ortho nitro benzene ring substituents is 1. The van der Waals surface area contributed by atoms with Crippen molar-refractivity contribution in [1.82, 2.24) is 5.32 Å². The Hall–Kier alpha value is -5.00. The number of nitrogens with zero attached hydrogens (tertiary/aromatic N) is 2. The van der Waals surface area contributed by atoms with Gasteiger partial charge in [-0.3, -0.25) is 25.0 Å². The molecule has 0 fully saturated rings. The lowest BCUT2D eigenvalue weighted by atomic mass is 9.98. The van der Waals surface area contributed by atoms with Gasteiger partial charge in [0.2, 0.25) is 0 Å². The lowest BCUT2D eigenvalue weighted by Crippen LogP contribution is -2.32. The van der Waals surface area contributed by atoms with Crippen LogP contribution in [0.4, 0.5) is 16.2 Å². The van der Waals surface area contributed by atoms with Gasteiger partial charge in [-0.15, -0.1) is 0 Å². The molecule has 36 heavy (non-hydrogen) atoms. The number of carboxylic acid groups (broad SMARTS) is 1. The molecule has 3 aromatic carbocycles.